The van der Waals surface area contributed by atoms with Crippen molar-refractivity contribution in [2.45, 2.75) is 19.8 Å². The third kappa shape index (κ3) is 8.85. The first-order chi connectivity index (χ1) is 18.0. The molecule has 0 unspecified atom stereocenters. The number of carbonyl (C=O) groups is 3. The highest BCUT2D eigenvalue weighted by Gasteiger charge is 2.12. The quantitative estimate of drug-likeness (QED) is 0.132. The van der Waals surface area contributed by atoms with Gasteiger partial charge in [-0.05, 0) is 79.2 Å². The van der Waals surface area contributed by atoms with Crippen LogP contribution in [0.25, 0.3) is 0 Å². The highest BCUT2D eigenvalue weighted by molar-refractivity contribution is 5.92. The average Bonchev–Trinajstić information content (AvgIpc) is 2.92. The molecule has 8 heteroatoms. The van der Waals surface area contributed by atoms with Gasteiger partial charge in [-0.15, -0.1) is 0 Å². The standard InChI is InChI=1S/C29H28O8/c1-3-5-18-33-23-10-6-21(7-11-23)28(31)36-25-14-16-26(17-15-25)37-29(32)22-8-12-24(13-9-22)34-19-20-35-27(30)4-2/h4,6-17H,2-3,5,18-20H2,1H3. The van der Waals surface area contributed by atoms with E-state index in [0.717, 1.165) is 18.9 Å². The monoisotopic (exact) mass is 504 g/mol. The Morgan fingerprint density at radius 1 is 0.649 bits per heavy atom. The van der Waals surface area contributed by atoms with Crippen molar-refractivity contribution >= 4 is 17.9 Å². The summed E-state index contributed by atoms with van der Waals surface area (Å²) in [5.74, 6) is 0.228. The number of unbranched alkanes of at least 4 members (excludes halogenated alkanes) is 1. The van der Waals surface area contributed by atoms with Crippen molar-refractivity contribution in [1.82, 2.24) is 0 Å². The lowest BCUT2D eigenvalue weighted by molar-refractivity contribution is -0.138. The summed E-state index contributed by atoms with van der Waals surface area (Å²) in [7, 11) is 0. The van der Waals surface area contributed by atoms with E-state index in [0.29, 0.717) is 40.7 Å². The minimum atomic E-state index is -0.558. The van der Waals surface area contributed by atoms with Gasteiger partial charge < -0.3 is 23.7 Å². The molecule has 0 saturated carbocycles. The van der Waals surface area contributed by atoms with E-state index < -0.39 is 17.9 Å². The second-order valence-corrected chi connectivity index (χ2v) is 7.72. The van der Waals surface area contributed by atoms with E-state index in [1.54, 1.807) is 60.7 Å². The fourth-order valence-corrected chi connectivity index (χ4v) is 2.98. The van der Waals surface area contributed by atoms with Gasteiger partial charge in [-0.2, -0.15) is 0 Å². The summed E-state index contributed by atoms with van der Waals surface area (Å²) in [5.41, 5.74) is 0.714. The Morgan fingerprint density at radius 2 is 1.08 bits per heavy atom. The van der Waals surface area contributed by atoms with Crippen LogP contribution in [0.3, 0.4) is 0 Å². The summed E-state index contributed by atoms with van der Waals surface area (Å²) < 4.78 is 26.6. The van der Waals surface area contributed by atoms with Crippen LogP contribution >= 0.6 is 0 Å². The number of hydrogen-bond donors (Lipinski definition) is 0. The fourth-order valence-electron chi connectivity index (χ4n) is 2.98. The predicted octanol–water partition coefficient (Wildman–Crippen LogP) is 5.41. The molecular formula is C29H28O8. The van der Waals surface area contributed by atoms with Gasteiger partial charge in [0.2, 0.25) is 0 Å². The maximum absolute atomic E-state index is 12.4. The molecule has 0 fully saturated rings. The van der Waals surface area contributed by atoms with E-state index >= 15 is 0 Å². The first-order valence-electron chi connectivity index (χ1n) is 11.8. The predicted molar refractivity (Wildman–Crippen MR) is 136 cm³/mol. The fraction of sp³-hybridized carbons (Fsp3) is 0.207. The smallest absolute Gasteiger partial charge is 0.343 e. The molecule has 0 aliphatic heterocycles. The normalized spacial score (nSPS) is 10.2. The average molecular weight is 505 g/mol. The molecular weight excluding hydrogens is 476 g/mol. The van der Waals surface area contributed by atoms with E-state index in [1.165, 1.54) is 12.1 Å². The third-order valence-corrected chi connectivity index (χ3v) is 4.95. The second kappa shape index (κ2) is 14.1. The Morgan fingerprint density at radius 3 is 1.51 bits per heavy atom. The Balaban J connectivity index is 1.46. The molecule has 0 radical (unpaired) electrons. The van der Waals surface area contributed by atoms with Crippen LogP contribution in [-0.4, -0.2) is 37.7 Å². The molecule has 3 aromatic carbocycles. The topological polar surface area (TPSA) is 97.4 Å². The van der Waals surface area contributed by atoms with E-state index in [9.17, 15) is 14.4 Å². The van der Waals surface area contributed by atoms with Gasteiger partial charge in [0.1, 0.15) is 36.2 Å². The van der Waals surface area contributed by atoms with Gasteiger partial charge in [0.15, 0.2) is 0 Å². The summed E-state index contributed by atoms with van der Waals surface area (Å²) in [5, 5.41) is 0. The summed E-state index contributed by atoms with van der Waals surface area (Å²) in [6.07, 6.45) is 3.09. The molecule has 0 amide bonds. The lowest BCUT2D eigenvalue weighted by Gasteiger charge is -2.09. The van der Waals surface area contributed by atoms with Crippen LogP contribution in [0, 0.1) is 0 Å². The first-order valence-corrected chi connectivity index (χ1v) is 11.8. The first kappa shape index (κ1) is 27.0. The van der Waals surface area contributed by atoms with Crippen LogP contribution in [0.15, 0.2) is 85.5 Å². The Bertz CT molecular complexity index is 1180. The molecule has 0 bridgehead atoms. The van der Waals surface area contributed by atoms with Gasteiger partial charge in [0.25, 0.3) is 0 Å². The molecule has 0 aliphatic carbocycles. The minimum absolute atomic E-state index is 0.0836. The molecule has 0 spiro atoms. The van der Waals surface area contributed by atoms with Gasteiger partial charge >= 0.3 is 17.9 Å². The Labute approximate surface area is 215 Å². The van der Waals surface area contributed by atoms with Crippen LogP contribution in [0.4, 0.5) is 0 Å². The summed E-state index contributed by atoms with van der Waals surface area (Å²) in [6, 6.07) is 19.2. The highest BCUT2D eigenvalue weighted by atomic mass is 16.6. The lowest BCUT2D eigenvalue weighted by Crippen LogP contribution is -2.11. The van der Waals surface area contributed by atoms with Gasteiger partial charge in [-0.1, -0.05) is 19.9 Å². The maximum Gasteiger partial charge on any atom is 0.343 e. The van der Waals surface area contributed by atoms with Gasteiger partial charge in [-0.25, -0.2) is 14.4 Å². The maximum atomic E-state index is 12.4. The highest BCUT2D eigenvalue weighted by Crippen LogP contribution is 2.21. The third-order valence-electron chi connectivity index (χ3n) is 4.95. The van der Waals surface area contributed by atoms with Crippen molar-refractivity contribution in [2.75, 3.05) is 19.8 Å². The summed E-state index contributed by atoms with van der Waals surface area (Å²) in [4.78, 5) is 35.8. The molecule has 0 N–H and O–H groups in total. The molecule has 3 aromatic rings. The molecule has 37 heavy (non-hydrogen) atoms. The molecule has 3 rings (SSSR count). The van der Waals surface area contributed by atoms with Crippen molar-refractivity contribution in [3.63, 3.8) is 0 Å². The largest absolute Gasteiger partial charge is 0.494 e. The van der Waals surface area contributed by atoms with Crippen LogP contribution in [-0.2, 0) is 9.53 Å². The minimum Gasteiger partial charge on any atom is -0.494 e. The molecule has 0 saturated heterocycles. The Kier molecular flexibility index (Phi) is 10.3. The number of carbonyl (C=O) groups excluding carboxylic acids is 3. The van der Waals surface area contributed by atoms with E-state index in [2.05, 4.69) is 13.5 Å². The van der Waals surface area contributed by atoms with Crippen molar-refractivity contribution in [1.29, 1.82) is 0 Å². The molecule has 0 aromatic heterocycles. The number of benzene rings is 3. The zero-order valence-electron chi connectivity index (χ0n) is 20.5. The zero-order chi connectivity index (χ0) is 26.5. The number of ether oxygens (including phenoxy) is 5. The summed E-state index contributed by atoms with van der Waals surface area (Å²) in [6.45, 7) is 6.28. The molecule has 192 valence electrons. The lowest BCUT2D eigenvalue weighted by atomic mass is 10.2. The molecule has 8 nitrogen and oxygen atoms in total. The molecule has 0 heterocycles. The van der Waals surface area contributed by atoms with Crippen LogP contribution in [0.2, 0.25) is 0 Å². The van der Waals surface area contributed by atoms with E-state index in [-0.39, 0.29) is 13.2 Å². The number of esters is 3. The number of rotatable bonds is 13. The second-order valence-electron chi connectivity index (χ2n) is 7.72. The van der Waals surface area contributed by atoms with E-state index in [4.69, 9.17) is 23.7 Å². The Hall–Kier alpha value is -4.59. The van der Waals surface area contributed by atoms with Crippen molar-refractivity contribution in [2.24, 2.45) is 0 Å². The SMILES string of the molecule is C=CC(=O)OCCOc1ccc(C(=O)Oc2ccc(OC(=O)c3ccc(OCCCC)cc3)cc2)cc1. The van der Waals surface area contributed by atoms with Gasteiger partial charge in [0.05, 0.1) is 17.7 Å². The summed E-state index contributed by atoms with van der Waals surface area (Å²) >= 11 is 0. The molecule has 0 aliphatic rings. The van der Waals surface area contributed by atoms with Crippen molar-refractivity contribution in [3.8, 4) is 23.0 Å². The van der Waals surface area contributed by atoms with Crippen LogP contribution in [0.1, 0.15) is 40.5 Å². The number of hydrogen-bond acceptors (Lipinski definition) is 8. The van der Waals surface area contributed by atoms with Crippen molar-refractivity contribution in [3.05, 3.63) is 96.6 Å². The zero-order valence-corrected chi connectivity index (χ0v) is 20.5. The molecule has 0 atom stereocenters. The van der Waals surface area contributed by atoms with Crippen LogP contribution in [0.5, 0.6) is 23.0 Å². The van der Waals surface area contributed by atoms with Crippen LogP contribution < -0.4 is 18.9 Å². The van der Waals surface area contributed by atoms with Gasteiger partial charge in [-0.3, -0.25) is 0 Å². The van der Waals surface area contributed by atoms with Gasteiger partial charge in [0, 0.05) is 6.08 Å². The van der Waals surface area contributed by atoms with Crippen molar-refractivity contribution < 1.29 is 38.1 Å². The van der Waals surface area contributed by atoms with E-state index in [1.807, 2.05) is 0 Å².